The molecule has 3 rings (SSSR count). The molecule has 0 aliphatic carbocycles. The fraction of sp³-hybridized carbons (Fsp3) is 0.261. The Hall–Kier alpha value is -4.21. The van der Waals surface area contributed by atoms with E-state index in [4.69, 9.17) is 14.2 Å². The summed E-state index contributed by atoms with van der Waals surface area (Å²) in [5.41, 5.74) is 1.25. The molecular weight excluding hydrogens is 430 g/mol. The highest BCUT2D eigenvalue weighted by Crippen LogP contribution is 2.40. The molecule has 1 aliphatic heterocycles. The number of aromatic nitrogens is 1. The maximum absolute atomic E-state index is 13.1. The van der Waals surface area contributed by atoms with Gasteiger partial charge in [0, 0.05) is 30.2 Å². The topological polar surface area (TPSA) is 130 Å². The predicted octanol–water partition coefficient (Wildman–Crippen LogP) is 3.02. The van der Waals surface area contributed by atoms with Gasteiger partial charge in [-0.05, 0) is 31.5 Å². The van der Waals surface area contributed by atoms with Crippen molar-refractivity contribution < 1.29 is 28.7 Å². The minimum atomic E-state index is -0.964. The number of ether oxygens (including phenoxy) is 3. The summed E-state index contributed by atoms with van der Waals surface area (Å²) in [5, 5.41) is 14.4. The molecule has 1 aliphatic rings. The Bertz CT molecular complexity index is 1130. The fourth-order valence-corrected chi connectivity index (χ4v) is 3.58. The average Bonchev–Trinajstić information content (AvgIpc) is 2.82. The Balaban J connectivity index is 2.17. The van der Waals surface area contributed by atoms with Crippen LogP contribution in [0.2, 0.25) is 0 Å². The number of hydrogen-bond donors (Lipinski definition) is 1. The molecule has 172 valence electrons. The van der Waals surface area contributed by atoms with E-state index in [9.17, 15) is 19.7 Å². The van der Waals surface area contributed by atoms with Gasteiger partial charge in [0.25, 0.3) is 5.69 Å². The van der Waals surface area contributed by atoms with Gasteiger partial charge in [-0.15, -0.1) is 0 Å². The van der Waals surface area contributed by atoms with Crippen LogP contribution >= 0.6 is 0 Å². The van der Waals surface area contributed by atoms with E-state index in [1.54, 1.807) is 44.4 Å². The van der Waals surface area contributed by atoms with Gasteiger partial charge in [0.05, 0.1) is 41.4 Å². The molecule has 1 atom stereocenters. The molecule has 2 aromatic rings. The van der Waals surface area contributed by atoms with Gasteiger partial charge in [0.2, 0.25) is 0 Å². The van der Waals surface area contributed by atoms with Crippen molar-refractivity contribution in [3.63, 3.8) is 0 Å². The smallest absolute Gasteiger partial charge is 0.336 e. The Morgan fingerprint density at radius 2 is 1.88 bits per heavy atom. The number of hydrogen-bond acceptors (Lipinski definition) is 9. The Morgan fingerprint density at radius 3 is 2.52 bits per heavy atom. The average molecular weight is 453 g/mol. The Kier molecular flexibility index (Phi) is 7.39. The maximum Gasteiger partial charge on any atom is 0.336 e. The van der Waals surface area contributed by atoms with Crippen LogP contribution in [-0.4, -0.2) is 42.2 Å². The molecule has 33 heavy (non-hydrogen) atoms. The lowest BCUT2D eigenvalue weighted by Crippen LogP contribution is -2.35. The van der Waals surface area contributed by atoms with Gasteiger partial charge in [0.1, 0.15) is 12.4 Å². The third-order valence-electron chi connectivity index (χ3n) is 4.99. The van der Waals surface area contributed by atoms with E-state index in [-0.39, 0.29) is 30.0 Å². The largest absolute Gasteiger partial charge is 0.487 e. The van der Waals surface area contributed by atoms with Crippen molar-refractivity contribution in [2.24, 2.45) is 0 Å². The number of nitrogens with one attached hydrogen (secondary N) is 1. The van der Waals surface area contributed by atoms with E-state index in [1.807, 2.05) is 0 Å². The molecule has 0 amide bonds. The second-order valence-corrected chi connectivity index (χ2v) is 7.02. The molecule has 10 nitrogen and oxygen atoms in total. The highest BCUT2D eigenvalue weighted by molar-refractivity contribution is 6.00. The number of benzene rings is 1. The van der Waals surface area contributed by atoms with Crippen molar-refractivity contribution in [3.05, 3.63) is 87.0 Å². The lowest BCUT2D eigenvalue weighted by molar-refractivity contribution is -0.384. The molecule has 1 unspecified atom stereocenters. The third-order valence-corrected chi connectivity index (χ3v) is 4.99. The minimum Gasteiger partial charge on any atom is -0.487 e. The first-order valence-corrected chi connectivity index (χ1v) is 10.1. The van der Waals surface area contributed by atoms with Crippen LogP contribution in [0.1, 0.15) is 25.3 Å². The quantitative estimate of drug-likeness (QED) is 0.364. The number of carbonyl (C=O) groups excluding carboxylic acids is 2. The number of rotatable bonds is 8. The van der Waals surface area contributed by atoms with Crippen molar-refractivity contribution in [3.8, 4) is 5.75 Å². The molecule has 2 heterocycles. The number of non-ortho nitro benzene ring substituents is 1. The molecule has 0 radical (unpaired) electrons. The Labute approximate surface area is 190 Å². The van der Waals surface area contributed by atoms with Gasteiger partial charge < -0.3 is 19.5 Å². The normalized spacial score (nSPS) is 15.5. The third kappa shape index (κ3) is 5.17. The monoisotopic (exact) mass is 453 g/mol. The zero-order valence-corrected chi connectivity index (χ0v) is 18.4. The van der Waals surface area contributed by atoms with E-state index in [2.05, 4.69) is 10.3 Å². The van der Waals surface area contributed by atoms with E-state index < -0.39 is 22.8 Å². The first-order chi connectivity index (χ1) is 15.9. The number of esters is 2. The molecule has 0 bridgehead atoms. The van der Waals surface area contributed by atoms with Crippen molar-refractivity contribution in [1.29, 1.82) is 0 Å². The maximum atomic E-state index is 13.1. The highest BCUT2D eigenvalue weighted by atomic mass is 16.6. The molecule has 0 fully saturated rings. The zero-order chi connectivity index (χ0) is 24.0. The van der Waals surface area contributed by atoms with E-state index in [1.165, 1.54) is 25.3 Å². The van der Waals surface area contributed by atoms with Crippen molar-refractivity contribution in [2.75, 3.05) is 20.3 Å². The summed E-state index contributed by atoms with van der Waals surface area (Å²) >= 11 is 0. The number of pyridine rings is 1. The molecular formula is C23H23N3O7. The van der Waals surface area contributed by atoms with E-state index in [0.717, 1.165) is 0 Å². The lowest BCUT2D eigenvalue weighted by atomic mass is 9.80. The van der Waals surface area contributed by atoms with Gasteiger partial charge in [-0.25, -0.2) is 9.59 Å². The number of nitro groups is 1. The van der Waals surface area contributed by atoms with Crippen LogP contribution in [0.3, 0.4) is 0 Å². The van der Waals surface area contributed by atoms with Gasteiger partial charge in [0.15, 0.2) is 0 Å². The molecule has 0 saturated carbocycles. The summed E-state index contributed by atoms with van der Waals surface area (Å²) in [7, 11) is 1.23. The van der Waals surface area contributed by atoms with Crippen molar-refractivity contribution in [2.45, 2.75) is 19.8 Å². The molecule has 1 aromatic heterocycles. The first-order valence-electron chi connectivity index (χ1n) is 10.1. The highest BCUT2D eigenvalue weighted by Gasteiger charge is 2.39. The number of nitrogens with zero attached hydrogens (tertiary/aromatic N) is 2. The molecule has 1 N–H and O–H groups in total. The van der Waals surface area contributed by atoms with Crippen molar-refractivity contribution in [1.82, 2.24) is 10.3 Å². The SMILES string of the molecule is CCOC(=O)C1=C(COc2ccncc2)NC(C)=C(C(=O)OC)C1c1cccc([N+](=O)[O-])c1. The number of methoxy groups -OCH3 is 1. The summed E-state index contributed by atoms with van der Waals surface area (Å²) in [6.45, 7) is 3.37. The van der Waals surface area contributed by atoms with Crippen molar-refractivity contribution >= 4 is 17.6 Å². The minimum absolute atomic E-state index is 0.0462. The molecule has 0 saturated heterocycles. The first kappa shape index (κ1) is 23.5. The Morgan fingerprint density at radius 1 is 1.15 bits per heavy atom. The van der Waals surface area contributed by atoms with Gasteiger partial charge in [-0.1, -0.05) is 12.1 Å². The molecule has 0 spiro atoms. The van der Waals surface area contributed by atoms with Crippen LogP contribution in [0.4, 0.5) is 5.69 Å². The molecule has 1 aromatic carbocycles. The number of dihydropyridines is 1. The summed E-state index contributed by atoms with van der Waals surface area (Å²) in [5.74, 6) is -1.79. The van der Waals surface area contributed by atoms with Gasteiger partial charge in [-0.3, -0.25) is 15.1 Å². The summed E-state index contributed by atoms with van der Waals surface area (Å²) in [6.07, 6.45) is 3.13. The second kappa shape index (κ2) is 10.4. The van der Waals surface area contributed by atoms with E-state index in [0.29, 0.717) is 22.7 Å². The molecule has 10 heteroatoms. The van der Waals surface area contributed by atoms with Crippen LogP contribution < -0.4 is 10.1 Å². The van der Waals surface area contributed by atoms with Crippen LogP contribution in [-0.2, 0) is 19.1 Å². The van der Waals surface area contributed by atoms with Crippen LogP contribution in [0.15, 0.2) is 71.3 Å². The zero-order valence-electron chi connectivity index (χ0n) is 18.4. The standard InChI is InChI=1S/C23H23N3O7/c1-4-32-23(28)21-18(13-33-17-8-10-24-11-9-17)25-14(2)19(22(27)31-3)20(21)15-6-5-7-16(12-15)26(29)30/h5-12,20,25H,4,13H2,1-3H3. The second-order valence-electron chi connectivity index (χ2n) is 7.02. The predicted molar refractivity (Wildman–Crippen MR) is 117 cm³/mol. The lowest BCUT2D eigenvalue weighted by Gasteiger charge is -2.31. The summed E-state index contributed by atoms with van der Waals surface area (Å²) in [4.78, 5) is 40.6. The number of nitro benzene ring substituents is 1. The summed E-state index contributed by atoms with van der Waals surface area (Å²) < 4.78 is 16.0. The van der Waals surface area contributed by atoms with Crippen LogP contribution in [0, 0.1) is 10.1 Å². The van der Waals surface area contributed by atoms with Gasteiger partial charge >= 0.3 is 11.9 Å². The summed E-state index contributed by atoms with van der Waals surface area (Å²) in [6, 6.07) is 9.09. The number of carbonyl (C=O) groups is 2. The number of allylic oxidation sites excluding steroid dienone is 1. The van der Waals surface area contributed by atoms with E-state index >= 15 is 0 Å². The fourth-order valence-electron chi connectivity index (χ4n) is 3.58. The van der Waals surface area contributed by atoms with Gasteiger partial charge in [-0.2, -0.15) is 0 Å². The van der Waals surface area contributed by atoms with Crippen LogP contribution in [0.25, 0.3) is 0 Å². The van der Waals surface area contributed by atoms with Crippen LogP contribution in [0.5, 0.6) is 5.75 Å².